The quantitative estimate of drug-likeness (QED) is 0.536. The molecule has 106 valence electrons. The van der Waals surface area contributed by atoms with E-state index in [1.165, 1.54) is 0 Å². The minimum atomic E-state index is -0.352. The summed E-state index contributed by atoms with van der Waals surface area (Å²) in [6.45, 7) is 2.07. The van der Waals surface area contributed by atoms with E-state index in [9.17, 15) is 4.79 Å². The first-order valence-electron chi connectivity index (χ1n) is 6.98. The fourth-order valence-electron chi connectivity index (χ4n) is 2.46. The maximum absolute atomic E-state index is 11.5. The van der Waals surface area contributed by atoms with Crippen LogP contribution < -0.4 is 4.74 Å². The summed E-state index contributed by atoms with van der Waals surface area (Å²) in [7, 11) is 0. The van der Waals surface area contributed by atoms with Gasteiger partial charge in [0.2, 0.25) is 0 Å². The maximum Gasteiger partial charge on any atom is 0.344 e. The molecule has 0 amide bonds. The largest absolute Gasteiger partial charge is 0.481 e. The van der Waals surface area contributed by atoms with Crippen molar-refractivity contribution in [3.05, 3.63) is 54.6 Å². The molecule has 3 aromatic carbocycles. The molecule has 3 rings (SSSR count). The van der Waals surface area contributed by atoms with Crippen molar-refractivity contribution in [3.8, 4) is 5.75 Å². The third kappa shape index (κ3) is 2.68. The van der Waals surface area contributed by atoms with Crippen molar-refractivity contribution < 1.29 is 14.3 Å². The van der Waals surface area contributed by atoms with Gasteiger partial charge in [0.15, 0.2) is 6.61 Å². The molecule has 0 radical (unpaired) electrons. The molecule has 3 heteroatoms. The van der Waals surface area contributed by atoms with Crippen LogP contribution in [-0.2, 0) is 9.53 Å². The van der Waals surface area contributed by atoms with Gasteiger partial charge in [-0.3, -0.25) is 0 Å². The van der Waals surface area contributed by atoms with E-state index in [0.717, 1.165) is 27.3 Å². The zero-order valence-corrected chi connectivity index (χ0v) is 11.8. The molecule has 0 aromatic heterocycles. The summed E-state index contributed by atoms with van der Waals surface area (Å²) in [5.74, 6) is 0.381. The molecule has 21 heavy (non-hydrogen) atoms. The minimum absolute atomic E-state index is 0.0775. The SMILES string of the molecule is CCOC(=O)COc1c2ccccc2cc2ccccc12. The molecular weight excluding hydrogens is 264 g/mol. The lowest BCUT2D eigenvalue weighted by molar-refractivity contribution is -0.145. The van der Waals surface area contributed by atoms with Crippen molar-refractivity contribution >= 4 is 27.5 Å². The summed E-state index contributed by atoms with van der Waals surface area (Å²) in [6, 6.07) is 18.1. The van der Waals surface area contributed by atoms with Crippen LogP contribution in [0.15, 0.2) is 54.6 Å². The number of benzene rings is 3. The molecule has 0 saturated carbocycles. The Hall–Kier alpha value is -2.55. The third-order valence-corrected chi connectivity index (χ3v) is 3.36. The van der Waals surface area contributed by atoms with Crippen molar-refractivity contribution in [2.45, 2.75) is 6.92 Å². The van der Waals surface area contributed by atoms with Crippen LogP contribution in [-0.4, -0.2) is 19.2 Å². The summed E-state index contributed by atoms with van der Waals surface area (Å²) in [6.07, 6.45) is 0. The number of ether oxygens (including phenoxy) is 2. The molecule has 0 aliphatic heterocycles. The highest BCUT2D eigenvalue weighted by Crippen LogP contribution is 2.34. The predicted octanol–water partition coefficient (Wildman–Crippen LogP) is 3.93. The van der Waals surface area contributed by atoms with Gasteiger partial charge in [-0.05, 0) is 23.8 Å². The molecule has 3 nitrogen and oxygen atoms in total. The van der Waals surface area contributed by atoms with Gasteiger partial charge in [-0.1, -0.05) is 48.5 Å². The highest BCUT2D eigenvalue weighted by molar-refractivity contribution is 6.05. The van der Waals surface area contributed by atoms with Crippen LogP contribution in [0.4, 0.5) is 0 Å². The van der Waals surface area contributed by atoms with Crippen molar-refractivity contribution in [1.29, 1.82) is 0 Å². The monoisotopic (exact) mass is 280 g/mol. The number of hydrogen-bond donors (Lipinski definition) is 0. The van der Waals surface area contributed by atoms with E-state index in [0.29, 0.717) is 6.61 Å². The van der Waals surface area contributed by atoms with Gasteiger partial charge in [0, 0.05) is 10.8 Å². The lowest BCUT2D eigenvalue weighted by atomic mass is 10.0. The Kier molecular flexibility index (Phi) is 3.73. The second-order valence-corrected chi connectivity index (χ2v) is 4.74. The smallest absolute Gasteiger partial charge is 0.344 e. The van der Waals surface area contributed by atoms with Crippen LogP contribution in [0, 0.1) is 0 Å². The average molecular weight is 280 g/mol. The molecule has 3 aromatic rings. The summed E-state index contributed by atoms with van der Waals surface area (Å²) >= 11 is 0. The average Bonchev–Trinajstić information content (AvgIpc) is 2.51. The van der Waals surface area contributed by atoms with E-state index in [1.54, 1.807) is 6.92 Å². The Labute approximate surface area is 123 Å². The van der Waals surface area contributed by atoms with E-state index in [4.69, 9.17) is 9.47 Å². The maximum atomic E-state index is 11.5. The van der Waals surface area contributed by atoms with Gasteiger partial charge < -0.3 is 9.47 Å². The Balaban J connectivity index is 2.09. The highest BCUT2D eigenvalue weighted by atomic mass is 16.6. The zero-order chi connectivity index (χ0) is 14.7. The first kappa shape index (κ1) is 13.4. The molecular formula is C18H16O3. The van der Waals surface area contributed by atoms with E-state index in [1.807, 2.05) is 48.5 Å². The topological polar surface area (TPSA) is 35.5 Å². The molecule has 0 N–H and O–H groups in total. The van der Waals surface area contributed by atoms with Gasteiger partial charge in [0.05, 0.1) is 6.61 Å². The summed E-state index contributed by atoms with van der Waals surface area (Å²) in [5.41, 5.74) is 0. The molecule has 0 aliphatic rings. The van der Waals surface area contributed by atoms with Gasteiger partial charge in [-0.15, -0.1) is 0 Å². The van der Waals surface area contributed by atoms with Crippen LogP contribution in [0.2, 0.25) is 0 Å². The molecule has 0 fully saturated rings. The van der Waals surface area contributed by atoms with Crippen LogP contribution in [0.25, 0.3) is 21.5 Å². The number of esters is 1. The molecule has 0 heterocycles. The molecule has 0 unspecified atom stereocenters. The van der Waals surface area contributed by atoms with E-state index >= 15 is 0 Å². The van der Waals surface area contributed by atoms with E-state index in [2.05, 4.69) is 6.07 Å². The number of carbonyl (C=O) groups excluding carboxylic acids is 1. The lowest BCUT2D eigenvalue weighted by Crippen LogP contribution is -2.14. The standard InChI is InChI=1S/C18H16O3/c1-2-20-17(19)12-21-18-15-9-5-3-7-13(15)11-14-8-4-6-10-16(14)18/h3-11H,2,12H2,1H3. The summed E-state index contributed by atoms with van der Waals surface area (Å²) in [4.78, 5) is 11.5. The minimum Gasteiger partial charge on any atom is -0.481 e. The summed E-state index contributed by atoms with van der Waals surface area (Å²) in [5, 5.41) is 4.19. The van der Waals surface area contributed by atoms with E-state index in [-0.39, 0.29) is 12.6 Å². The van der Waals surface area contributed by atoms with Crippen LogP contribution >= 0.6 is 0 Å². The van der Waals surface area contributed by atoms with E-state index < -0.39 is 0 Å². The highest BCUT2D eigenvalue weighted by Gasteiger charge is 2.10. The van der Waals surface area contributed by atoms with Crippen LogP contribution in [0.1, 0.15) is 6.92 Å². The predicted molar refractivity (Wildman–Crippen MR) is 83.6 cm³/mol. The normalized spacial score (nSPS) is 10.7. The number of hydrogen-bond acceptors (Lipinski definition) is 3. The second-order valence-electron chi connectivity index (χ2n) is 4.74. The van der Waals surface area contributed by atoms with Crippen molar-refractivity contribution in [2.75, 3.05) is 13.2 Å². The van der Waals surface area contributed by atoms with Crippen molar-refractivity contribution in [3.63, 3.8) is 0 Å². The number of rotatable bonds is 4. The third-order valence-electron chi connectivity index (χ3n) is 3.36. The molecule has 0 aliphatic carbocycles. The van der Waals surface area contributed by atoms with Crippen LogP contribution in [0.3, 0.4) is 0 Å². The van der Waals surface area contributed by atoms with Gasteiger partial charge in [0.1, 0.15) is 5.75 Å². The fourth-order valence-corrected chi connectivity index (χ4v) is 2.46. The lowest BCUT2D eigenvalue weighted by Gasteiger charge is -2.12. The first-order valence-corrected chi connectivity index (χ1v) is 6.98. The second kappa shape index (κ2) is 5.83. The van der Waals surface area contributed by atoms with Crippen LogP contribution in [0.5, 0.6) is 5.75 Å². The number of carbonyl (C=O) groups is 1. The summed E-state index contributed by atoms with van der Waals surface area (Å²) < 4.78 is 10.7. The van der Waals surface area contributed by atoms with Gasteiger partial charge in [0.25, 0.3) is 0 Å². The first-order chi connectivity index (χ1) is 10.3. The molecule has 0 spiro atoms. The van der Waals surface area contributed by atoms with Gasteiger partial charge in [-0.2, -0.15) is 0 Å². The molecule has 0 bridgehead atoms. The Bertz CT molecular complexity index is 739. The van der Waals surface area contributed by atoms with Gasteiger partial charge >= 0.3 is 5.97 Å². The Morgan fingerprint density at radius 2 is 1.52 bits per heavy atom. The van der Waals surface area contributed by atoms with Crippen molar-refractivity contribution in [2.24, 2.45) is 0 Å². The zero-order valence-electron chi connectivity index (χ0n) is 11.8. The van der Waals surface area contributed by atoms with Crippen molar-refractivity contribution in [1.82, 2.24) is 0 Å². The Morgan fingerprint density at radius 1 is 0.952 bits per heavy atom. The Morgan fingerprint density at radius 3 is 2.10 bits per heavy atom. The fraction of sp³-hybridized carbons (Fsp3) is 0.167. The molecule has 0 saturated heterocycles. The molecule has 0 atom stereocenters. The van der Waals surface area contributed by atoms with Gasteiger partial charge in [-0.25, -0.2) is 4.79 Å². The number of fused-ring (bicyclic) bond motifs is 2.